The number of furan rings is 1. The molecule has 1 aliphatic rings. The summed E-state index contributed by atoms with van der Waals surface area (Å²) in [5.41, 5.74) is 2.87. The van der Waals surface area contributed by atoms with Crippen LogP contribution in [0, 0.1) is 12.8 Å². The van der Waals surface area contributed by atoms with Crippen LogP contribution < -0.4 is 5.32 Å². The maximum absolute atomic E-state index is 12.4. The Morgan fingerprint density at radius 2 is 2.11 bits per heavy atom. The lowest BCUT2D eigenvalue weighted by atomic mass is 9.99. The number of nitrogens with zero attached hydrogens (tertiary/aromatic N) is 3. The second-order valence-electron chi connectivity index (χ2n) is 7.61. The number of hydrogen-bond donors (Lipinski definition) is 1. The molecule has 27 heavy (non-hydrogen) atoms. The van der Waals surface area contributed by atoms with E-state index in [1.54, 1.807) is 6.07 Å². The van der Waals surface area contributed by atoms with Crippen molar-refractivity contribution in [1.82, 2.24) is 19.6 Å². The van der Waals surface area contributed by atoms with Crippen LogP contribution in [0.25, 0.3) is 5.65 Å². The molecule has 0 aromatic carbocycles. The number of fused-ring (bicyclic) bond motifs is 1. The van der Waals surface area contributed by atoms with Crippen molar-refractivity contribution in [2.45, 2.75) is 39.8 Å². The summed E-state index contributed by atoms with van der Waals surface area (Å²) in [5.74, 6) is 1.80. The predicted molar refractivity (Wildman–Crippen MR) is 103 cm³/mol. The van der Waals surface area contributed by atoms with Crippen molar-refractivity contribution in [2.24, 2.45) is 5.92 Å². The van der Waals surface area contributed by atoms with E-state index in [1.165, 1.54) is 12.8 Å². The van der Waals surface area contributed by atoms with E-state index < -0.39 is 0 Å². The van der Waals surface area contributed by atoms with Crippen molar-refractivity contribution in [3.63, 3.8) is 0 Å². The lowest BCUT2D eigenvalue weighted by Crippen LogP contribution is -2.32. The highest BCUT2D eigenvalue weighted by atomic mass is 16.4. The molecule has 0 radical (unpaired) electrons. The average molecular weight is 366 g/mol. The summed E-state index contributed by atoms with van der Waals surface area (Å²) in [6.07, 6.45) is 6.36. The van der Waals surface area contributed by atoms with Crippen LogP contribution in [0.15, 0.2) is 41.1 Å². The van der Waals surface area contributed by atoms with Crippen molar-refractivity contribution in [2.75, 3.05) is 13.1 Å². The molecule has 3 aromatic heterocycles. The molecule has 0 spiro atoms. The number of amides is 1. The van der Waals surface area contributed by atoms with Gasteiger partial charge in [0.25, 0.3) is 5.91 Å². The van der Waals surface area contributed by atoms with Gasteiger partial charge in [-0.2, -0.15) is 0 Å². The largest absolute Gasteiger partial charge is 0.455 e. The van der Waals surface area contributed by atoms with Gasteiger partial charge in [0.15, 0.2) is 5.76 Å². The molecule has 6 heteroatoms. The highest BCUT2D eigenvalue weighted by Gasteiger charge is 2.18. The highest BCUT2D eigenvalue weighted by Crippen LogP contribution is 2.19. The van der Waals surface area contributed by atoms with Crippen LogP contribution in [0.1, 0.15) is 47.3 Å². The molecule has 0 unspecified atom stereocenters. The summed E-state index contributed by atoms with van der Waals surface area (Å²) >= 11 is 0. The minimum Gasteiger partial charge on any atom is -0.455 e. The van der Waals surface area contributed by atoms with Gasteiger partial charge in [0.2, 0.25) is 0 Å². The number of piperidine rings is 1. The fourth-order valence-electron chi connectivity index (χ4n) is 3.50. The summed E-state index contributed by atoms with van der Waals surface area (Å²) < 4.78 is 7.72. The molecule has 1 N–H and O–H groups in total. The normalized spacial score (nSPS) is 16.1. The first-order valence-electron chi connectivity index (χ1n) is 9.60. The Hall–Kier alpha value is -2.60. The zero-order valence-electron chi connectivity index (χ0n) is 15.9. The number of rotatable bonds is 5. The lowest BCUT2D eigenvalue weighted by Gasteiger charge is -2.29. The van der Waals surface area contributed by atoms with E-state index in [2.05, 4.69) is 22.1 Å². The molecule has 1 amide bonds. The highest BCUT2D eigenvalue weighted by molar-refractivity contribution is 5.91. The summed E-state index contributed by atoms with van der Waals surface area (Å²) in [5, 5.41) is 2.89. The van der Waals surface area contributed by atoms with Crippen LogP contribution in [0.5, 0.6) is 0 Å². The number of nitrogens with one attached hydrogen (secondary N) is 1. The van der Waals surface area contributed by atoms with Crippen molar-refractivity contribution in [1.29, 1.82) is 0 Å². The van der Waals surface area contributed by atoms with Crippen LogP contribution in [0.2, 0.25) is 0 Å². The molecule has 3 aromatic rings. The molecule has 142 valence electrons. The van der Waals surface area contributed by atoms with Gasteiger partial charge in [0, 0.05) is 12.4 Å². The molecule has 1 saturated heterocycles. The molecule has 0 saturated carbocycles. The van der Waals surface area contributed by atoms with Crippen LogP contribution in [-0.2, 0) is 13.1 Å². The third-order valence-corrected chi connectivity index (χ3v) is 5.24. The Morgan fingerprint density at radius 3 is 2.93 bits per heavy atom. The first kappa shape index (κ1) is 17.8. The number of carbonyl (C=O) groups is 1. The number of likely N-dealkylation sites (tertiary alicyclic amines) is 1. The summed E-state index contributed by atoms with van der Waals surface area (Å²) in [6.45, 7) is 7.67. The van der Waals surface area contributed by atoms with Gasteiger partial charge in [0.1, 0.15) is 11.4 Å². The van der Waals surface area contributed by atoms with E-state index in [1.807, 2.05) is 41.9 Å². The summed E-state index contributed by atoms with van der Waals surface area (Å²) in [6, 6.07) is 7.71. The monoisotopic (exact) mass is 366 g/mol. The second kappa shape index (κ2) is 7.56. The fraction of sp³-hybridized carbons (Fsp3) is 0.429. The van der Waals surface area contributed by atoms with Gasteiger partial charge in [0.05, 0.1) is 18.8 Å². The molecule has 4 heterocycles. The van der Waals surface area contributed by atoms with Gasteiger partial charge in [-0.3, -0.25) is 9.69 Å². The number of aromatic nitrogens is 2. The summed E-state index contributed by atoms with van der Waals surface area (Å²) in [7, 11) is 0. The van der Waals surface area contributed by atoms with Gasteiger partial charge < -0.3 is 14.1 Å². The maximum atomic E-state index is 12.4. The third kappa shape index (κ3) is 4.22. The van der Waals surface area contributed by atoms with Crippen LogP contribution >= 0.6 is 0 Å². The predicted octanol–water partition coefficient (Wildman–Crippen LogP) is 3.40. The minimum absolute atomic E-state index is 0.207. The fourth-order valence-corrected chi connectivity index (χ4v) is 3.50. The van der Waals surface area contributed by atoms with Gasteiger partial charge in [-0.05, 0) is 68.6 Å². The molecule has 0 bridgehead atoms. The van der Waals surface area contributed by atoms with Gasteiger partial charge in [-0.1, -0.05) is 6.92 Å². The molecular weight excluding hydrogens is 340 g/mol. The first-order chi connectivity index (χ1) is 13.1. The first-order valence-corrected chi connectivity index (χ1v) is 9.60. The zero-order chi connectivity index (χ0) is 18.8. The molecule has 6 nitrogen and oxygen atoms in total. The Labute approximate surface area is 159 Å². The smallest absolute Gasteiger partial charge is 0.287 e. The minimum atomic E-state index is -0.207. The van der Waals surface area contributed by atoms with Gasteiger partial charge in [-0.15, -0.1) is 0 Å². The average Bonchev–Trinajstić information content (AvgIpc) is 3.28. The standard InChI is InChI=1S/C21H26N4O2/c1-15-5-8-24(9-6-15)14-18-3-4-19(27-18)21(26)22-12-17-13-25-10-7-16(2)11-20(25)23-17/h3-4,7,10-11,13,15H,5-6,8-9,12,14H2,1-2H3,(H,22,26). The van der Waals surface area contributed by atoms with Crippen molar-refractivity contribution in [3.8, 4) is 0 Å². The van der Waals surface area contributed by atoms with E-state index in [4.69, 9.17) is 4.42 Å². The Balaban J connectivity index is 1.33. The van der Waals surface area contributed by atoms with E-state index in [9.17, 15) is 4.79 Å². The lowest BCUT2D eigenvalue weighted by molar-refractivity contribution is 0.0917. The van der Waals surface area contributed by atoms with E-state index in [-0.39, 0.29) is 5.91 Å². The molecule has 1 aliphatic heterocycles. The van der Waals surface area contributed by atoms with E-state index in [0.29, 0.717) is 12.3 Å². The van der Waals surface area contributed by atoms with Crippen LogP contribution in [0.3, 0.4) is 0 Å². The molecule has 0 aliphatic carbocycles. The van der Waals surface area contributed by atoms with Gasteiger partial charge >= 0.3 is 0 Å². The zero-order valence-corrected chi connectivity index (χ0v) is 15.9. The van der Waals surface area contributed by atoms with E-state index >= 15 is 0 Å². The number of imidazole rings is 1. The molecule has 1 fully saturated rings. The Kier molecular flexibility index (Phi) is 4.99. The maximum Gasteiger partial charge on any atom is 0.287 e. The third-order valence-electron chi connectivity index (χ3n) is 5.24. The second-order valence-corrected chi connectivity index (χ2v) is 7.61. The van der Waals surface area contributed by atoms with Crippen molar-refractivity contribution in [3.05, 3.63) is 59.4 Å². The molecule has 4 rings (SSSR count). The Morgan fingerprint density at radius 1 is 1.30 bits per heavy atom. The van der Waals surface area contributed by atoms with Crippen molar-refractivity contribution < 1.29 is 9.21 Å². The number of hydrogen-bond acceptors (Lipinski definition) is 4. The topological polar surface area (TPSA) is 62.8 Å². The SMILES string of the molecule is Cc1ccn2cc(CNC(=O)c3ccc(CN4CCC(C)CC4)o3)nc2c1. The molecule has 0 atom stereocenters. The van der Waals surface area contributed by atoms with Crippen molar-refractivity contribution >= 4 is 11.6 Å². The van der Waals surface area contributed by atoms with E-state index in [0.717, 1.165) is 48.2 Å². The molecular formula is C21H26N4O2. The summed E-state index contributed by atoms with van der Waals surface area (Å²) in [4.78, 5) is 19.3. The van der Waals surface area contributed by atoms with Crippen LogP contribution in [0.4, 0.5) is 0 Å². The number of aryl methyl sites for hydroxylation is 1. The number of pyridine rings is 1. The quantitative estimate of drug-likeness (QED) is 0.752. The van der Waals surface area contributed by atoms with Crippen LogP contribution in [-0.4, -0.2) is 33.3 Å². The number of carbonyl (C=O) groups excluding carboxylic acids is 1. The Bertz CT molecular complexity index is 935. The van der Waals surface area contributed by atoms with Gasteiger partial charge in [-0.25, -0.2) is 4.98 Å².